The van der Waals surface area contributed by atoms with Gasteiger partial charge in [0.15, 0.2) is 0 Å². The third-order valence-electron chi connectivity index (χ3n) is 6.53. The highest BCUT2D eigenvalue weighted by molar-refractivity contribution is 7.88. The monoisotopic (exact) mass is 419 g/mol. The van der Waals surface area contributed by atoms with Gasteiger partial charge in [-0.05, 0) is 61.4 Å². The number of carbonyl (C=O) groups is 1. The summed E-state index contributed by atoms with van der Waals surface area (Å²) >= 11 is 0. The number of hydrogen-bond acceptors (Lipinski definition) is 3. The molecule has 2 aliphatic heterocycles. The van der Waals surface area contributed by atoms with Crippen LogP contribution in [-0.4, -0.2) is 48.9 Å². The zero-order valence-electron chi connectivity index (χ0n) is 16.7. The summed E-state index contributed by atoms with van der Waals surface area (Å²) in [5, 5.41) is 0. The van der Waals surface area contributed by atoms with E-state index in [4.69, 9.17) is 0 Å². The lowest BCUT2D eigenvalue weighted by atomic mass is 9.72. The van der Waals surface area contributed by atoms with E-state index >= 15 is 0 Å². The van der Waals surface area contributed by atoms with Crippen LogP contribution in [0.2, 0.25) is 0 Å². The number of fused-ring (bicyclic) bond motifs is 1. The highest BCUT2D eigenvalue weighted by atomic mass is 32.2. The van der Waals surface area contributed by atoms with Crippen molar-refractivity contribution in [3.63, 3.8) is 0 Å². The Bertz CT molecular complexity index is 971. The van der Waals surface area contributed by atoms with Gasteiger partial charge in [-0.25, -0.2) is 8.70 Å². The fourth-order valence-corrected chi connectivity index (χ4v) is 5.73. The minimum Gasteiger partial charge on any atom is -0.334 e. The average Bonchev–Trinajstić information content (AvgIpc) is 2.70. The molecular formula is C21H26FN3O3S. The first kappa shape index (κ1) is 20.1. The first-order valence-corrected chi connectivity index (χ1v) is 11.5. The topological polar surface area (TPSA) is 70.0 Å². The predicted octanol–water partition coefficient (Wildman–Crippen LogP) is 3.12. The number of halogens is 1. The maximum absolute atomic E-state index is 13.5. The van der Waals surface area contributed by atoms with Crippen molar-refractivity contribution in [2.45, 2.75) is 45.1 Å². The third kappa shape index (κ3) is 3.70. The number of piperidine rings is 1. The van der Waals surface area contributed by atoms with Crippen LogP contribution >= 0.6 is 0 Å². The first-order valence-electron chi connectivity index (χ1n) is 10.2. The van der Waals surface area contributed by atoms with Crippen LogP contribution in [0.25, 0.3) is 0 Å². The lowest BCUT2D eigenvalue weighted by Crippen LogP contribution is -2.54. The minimum absolute atomic E-state index is 0.0956. The van der Waals surface area contributed by atoms with E-state index in [0.717, 1.165) is 30.0 Å². The second kappa shape index (κ2) is 7.55. The summed E-state index contributed by atoms with van der Waals surface area (Å²) < 4.78 is 43.3. The van der Waals surface area contributed by atoms with Crippen molar-refractivity contribution in [2.75, 3.05) is 13.6 Å². The average molecular weight is 420 g/mol. The van der Waals surface area contributed by atoms with Crippen molar-refractivity contribution in [3.8, 4) is 0 Å². The first-order chi connectivity index (χ1) is 13.8. The number of amides is 1. The Morgan fingerprint density at radius 3 is 2.55 bits per heavy atom. The zero-order chi connectivity index (χ0) is 20.8. The molecule has 0 aromatic heterocycles. The molecule has 0 spiro atoms. The standard InChI is InChI=1S/C21H26FN3O3S/c1-14-11-12-25(19-6-4-3-5-17(14)19)21(26)20-13-18(23-29(27,28)24(20)2)15-7-9-16(22)10-8-15/h7-10,13-14,17,19H,3-6,11-12H2,1-2H3/t14-,17+,19-/m1/s1. The molecule has 0 bridgehead atoms. The smallest absolute Gasteiger partial charge is 0.334 e. The van der Waals surface area contributed by atoms with Crippen molar-refractivity contribution in [2.24, 2.45) is 16.2 Å². The molecule has 1 aromatic rings. The summed E-state index contributed by atoms with van der Waals surface area (Å²) in [6.45, 7) is 2.88. The van der Waals surface area contributed by atoms with E-state index in [-0.39, 0.29) is 23.4 Å². The van der Waals surface area contributed by atoms with Gasteiger partial charge in [0.2, 0.25) is 0 Å². The molecule has 1 saturated heterocycles. The summed E-state index contributed by atoms with van der Waals surface area (Å²) in [7, 11) is -2.67. The zero-order valence-corrected chi connectivity index (χ0v) is 17.5. The second-order valence-corrected chi connectivity index (χ2v) is 9.86. The normalized spacial score (nSPS) is 29.0. The Morgan fingerprint density at radius 1 is 1.14 bits per heavy atom. The summed E-state index contributed by atoms with van der Waals surface area (Å²) in [5.74, 6) is 0.353. The van der Waals surface area contributed by atoms with Gasteiger partial charge in [-0.15, -0.1) is 4.40 Å². The van der Waals surface area contributed by atoms with Crippen LogP contribution in [0.1, 0.15) is 44.6 Å². The third-order valence-corrected chi connectivity index (χ3v) is 7.85. The van der Waals surface area contributed by atoms with E-state index in [9.17, 15) is 17.6 Å². The van der Waals surface area contributed by atoms with Crippen LogP contribution in [0.4, 0.5) is 4.39 Å². The van der Waals surface area contributed by atoms with Crippen molar-refractivity contribution < 1.29 is 17.6 Å². The second-order valence-electron chi connectivity index (χ2n) is 8.24. The molecule has 2 fully saturated rings. The van der Waals surface area contributed by atoms with Gasteiger partial charge in [-0.2, -0.15) is 8.42 Å². The SMILES string of the molecule is C[C@@H]1CCN(C(=O)C2=CC(c3ccc(F)cc3)=NS(=O)(=O)N2C)[C@@H]2CCCC[C@@H]12. The highest BCUT2D eigenvalue weighted by Gasteiger charge is 2.42. The predicted molar refractivity (Wildman–Crippen MR) is 109 cm³/mol. The molecule has 0 unspecified atom stereocenters. The van der Waals surface area contributed by atoms with E-state index in [1.807, 2.05) is 4.90 Å². The van der Waals surface area contributed by atoms with Crippen LogP contribution in [0.15, 0.2) is 40.4 Å². The fraction of sp³-hybridized carbons (Fsp3) is 0.524. The molecule has 4 rings (SSSR count). The number of rotatable bonds is 2. The maximum atomic E-state index is 13.5. The number of hydrogen-bond donors (Lipinski definition) is 0. The molecule has 0 radical (unpaired) electrons. The Morgan fingerprint density at radius 2 is 1.83 bits per heavy atom. The summed E-state index contributed by atoms with van der Waals surface area (Å²) in [4.78, 5) is 15.4. The fourth-order valence-electron chi connectivity index (χ4n) is 4.82. The van der Waals surface area contributed by atoms with Gasteiger partial charge in [0.1, 0.15) is 11.5 Å². The highest BCUT2D eigenvalue weighted by Crippen LogP contribution is 2.39. The summed E-state index contributed by atoms with van der Waals surface area (Å²) in [6, 6.07) is 5.58. The minimum atomic E-state index is -4.03. The van der Waals surface area contributed by atoms with Crippen LogP contribution in [0.3, 0.4) is 0 Å². The van der Waals surface area contributed by atoms with Crippen molar-refractivity contribution in [3.05, 3.63) is 47.4 Å². The molecule has 6 nitrogen and oxygen atoms in total. The van der Waals surface area contributed by atoms with Crippen LogP contribution in [0.5, 0.6) is 0 Å². The Hall–Kier alpha value is -2.22. The van der Waals surface area contributed by atoms with E-state index in [1.165, 1.54) is 43.8 Å². The van der Waals surface area contributed by atoms with Crippen molar-refractivity contribution in [1.82, 2.24) is 9.21 Å². The van der Waals surface area contributed by atoms with Gasteiger partial charge in [0.05, 0.1) is 5.71 Å². The number of likely N-dealkylation sites (tertiary alicyclic amines) is 1. The molecule has 3 aliphatic rings. The van der Waals surface area contributed by atoms with Gasteiger partial charge in [-0.1, -0.05) is 19.8 Å². The summed E-state index contributed by atoms with van der Waals surface area (Å²) in [6.07, 6.45) is 6.79. The largest absolute Gasteiger partial charge is 0.345 e. The van der Waals surface area contributed by atoms with Crippen LogP contribution < -0.4 is 0 Å². The number of likely N-dealkylation sites (N-methyl/N-ethyl adjacent to an activating group) is 1. The number of benzene rings is 1. The molecule has 8 heteroatoms. The molecule has 29 heavy (non-hydrogen) atoms. The van der Waals surface area contributed by atoms with E-state index in [2.05, 4.69) is 11.3 Å². The molecule has 1 aliphatic carbocycles. The van der Waals surface area contributed by atoms with Crippen LogP contribution in [0, 0.1) is 17.7 Å². The summed E-state index contributed by atoms with van der Waals surface area (Å²) in [5.41, 5.74) is 0.700. The molecule has 1 amide bonds. The van der Waals surface area contributed by atoms with Crippen molar-refractivity contribution in [1.29, 1.82) is 0 Å². The molecule has 1 saturated carbocycles. The lowest BCUT2D eigenvalue weighted by Gasteiger charge is -2.47. The Balaban J connectivity index is 1.69. The maximum Gasteiger partial charge on any atom is 0.345 e. The van der Waals surface area contributed by atoms with Gasteiger partial charge < -0.3 is 4.90 Å². The molecule has 3 atom stereocenters. The quantitative estimate of drug-likeness (QED) is 0.740. The Kier molecular flexibility index (Phi) is 5.23. The molecule has 2 heterocycles. The van der Waals surface area contributed by atoms with Crippen LogP contribution in [-0.2, 0) is 15.0 Å². The number of allylic oxidation sites excluding steroid dienone is 1. The molecule has 0 N–H and O–H groups in total. The number of nitrogens with zero attached hydrogens (tertiary/aromatic N) is 3. The molecular weight excluding hydrogens is 393 g/mol. The van der Waals surface area contributed by atoms with E-state index in [1.54, 1.807) is 0 Å². The van der Waals surface area contributed by atoms with E-state index < -0.39 is 16.0 Å². The van der Waals surface area contributed by atoms with Crippen molar-refractivity contribution >= 4 is 21.8 Å². The van der Waals surface area contributed by atoms with Gasteiger partial charge in [0.25, 0.3) is 5.91 Å². The lowest BCUT2D eigenvalue weighted by molar-refractivity contribution is -0.135. The van der Waals surface area contributed by atoms with Gasteiger partial charge >= 0.3 is 10.2 Å². The molecule has 156 valence electrons. The number of carbonyl (C=O) groups excluding carboxylic acids is 1. The Labute approximate surface area is 171 Å². The van der Waals surface area contributed by atoms with E-state index in [0.29, 0.717) is 23.9 Å². The van der Waals surface area contributed by atoms with Gasteiger partial charge in [0, 0.05) is 25.2 Å². The van der Waals surface area contributed by atoms with Gasteiger partial charge in [-0.3, -0.25) is 4.79 Å². The molecule has 1 aromatic carbocycles.